The van der Waals surface area contributed by atoms with Crippen LogP contribution in [0.3, 0.4) is 0 Å². The van der Waals surface area contributed by atoms with Crippen molar-refractivity contribution in [3.63, 3.8) is 0 Å². The lowest BCUT2D eigenvalue weighted by Crippen LogP contribution is -2.32. The van der Waals surface area contributed by atoms with Gasteiger partial charge in [-0.3, -0.25) is 9.78 Å². The molecule has 144 valence electrons. The van der Waals surface area contributed by atoms with E-state index in [9.17, 15) is 4.79 Å². The Morgan fingerprint density at radius 3 is 2.36 bits per heavy atom. The van der Waals surface area contributed by atoms with Crippen LogP contribution in [0, 0.1) is 13.8 Å². The maximum atomic E-state index is 12.7. The lowest BCUT2D eigenvalue weighted by atomic mass is 10.1. The van der Waals surface area contributed by atoms with E-state index >= 15 is 0 Å². The van der Waals surface area contributed by atoms with Gasteiger partial charge in [-0.1, -0.05) is 31.2 Å². The smallest absolute Gasteiger partial charge is 0.265 e. The van der Waals surface area contributed by atoms with Gasteiger partial charge in [-0.25, -0.2) is 0 Å². The normalized spacial score (nSPS) is 11.7. The second-order valence-corrected chi connectivity index (χ2v) is 7.00. The summed E-state index contributed by atoms with van der Waals surface area (Å²) < 4.78 is 5.99. The van der Waals surface area contributed by atoms with Crippen LogP contribution in [0.25, 0.3) is 0 Å². The van der Waals surface area contributed by atoms with E-state index in [4.69, 9.17) is 4.74 Å². The third-order valence-electron chi connectivity index (χ3n) is 4.66. The Morgan fingerprint density at radius 1 is 1.00 bits per heavy atom. The van der Waals surface area contributed by atoms with Gasteiger partial charge >= 0.3 is 0 Å². The van der Waals surface area contributed by atoms with Gasteiger partial charge in [0.2, 0.25) is 0 Å². The summed E-state index contributed by atoms with van der Waals surface area (Å²) >= 11 is 0. The number of ether oxygens (including phenoxy) is 1. The van der Waals surface area contributed by atoms with Crippen molar-refractivity contribution < 1.29 is 9.53 Å². The Labute approximate surface area is 166 Å². The highest BCUT2D eigenvalue weighted by molar-refractivity contribution is 5.94. The highest BCUT2D eigenvalue weighted by Crippen LogP contribution is 2.22. The van der Waals surface area contributed by atoms with Gasteiger partial charge < -0.3 is 10.1 Å². The van der Waals surface area contributed by atoms with Crippen molar-refractivity contribution in [2.75, 3.05) is 5.32 Å². The summed E-state index contributed by atoms with van der Waals surface area (Å²) in [7, 11) is 0. The summed E-state index contributed by atoms with van der Waals surface area (Å²) in [5.74, 6) is 0.625. The predicted molar refractivity (Wildman–Crippen MR) is 113 cm³/mol. The van der Waals surface area contributed by atoms with E-state index in [1.807, 2.05) is 75.4 Å². The summed E-state index contributed by atoms with van der Waals surface area (Å²) in [6, 6.07) is 18.0. The first-order valence-corrected chi connectivity index (χ1v) is 9.57. The third kappa shape index (κ3) is 5.19. The summed E-state index contributed by atoms with van der Waals surface area (Å²) in [5.41, 5.74) is 5.30. The first-order chi connectivity index (χ1) is 13.5. The highest BCUT2D eigenvalue weighted by atomic mass is 16.5. The molecule has 1 unspecified atom stereocenters. The number of aromatic nitrogens is 1. The summed E-state index contributed by atoms with van der Waals surface area (Å²) in [4.78, 5) is 16.7. The Morgan fingerprint density at radius 2 is 1.68 bits per heavy atom. The Kier molecular flexibility index (Phi) is 6.43. The molecule has 3 aromatic rings. The van der Waals surface area contributed by atoms with Gasteiger partial charge in [0.05, 0.1) is 0 Å². The molecule has 0 aliphatic carbocycles. The molecule has 0 aliphatic rings. The fourth-order valence-corrected chi connectivity index (χ4v) is 2.97. The van der Waals surface area contributed by atoms with Crippen molar-refractivity contribution in [1.82, 2.24) is 4.98 Å². The van der Waals surface area contributed by atoms with Crippen LogP contribution in [0.1, 0.15) is 35.6 Å². The molecule has 0 spiro atoms. The second kappa shape index (κ2) is 9.18. The molecule has 0 saturated heterocycles. The molecule has 0 radical (unpaired) electrons. The fraction of sp³-hybridized carbons (Fsp3) is 0.250. The van der Waals surface area contributed by atoms with Crippen LogP contribution in [-0.2, 0) is 11.2 Å². The molecule has 1 aromatic heterocycles. The van der Waals surface area contributed by atoms with Crippen molar-refractivity contribution in [2.24, 2.45) is 0 Å². The molecular formula is C24H26N2O2. The van der Waals surface area contributed by atoms with E-state index in [1.165, 1.54) is 11.1 Å². The van der Waals surface area contributed by atoms with Gasteiger partial charge in [-0.05, 0) is 79.3 Å². The van der Waals surface area contributed by atoms with E-state index < -0.39 is 6.10 Å². The highest BCUT2D eigenvalue weighted by Gasteiger charge is 2.19. The zero-order valence-electron chi connectivity index (χ0n) is 16.6. The molecular weight excluding hydrogens is 348 g/mol. The number of aryl methyl sites for hydroxylation is 2. The lowest BCUT2D eigenvalue weighted by molar-refractivity contribution is -0.122. The fourth-order valence-electron chi connectivity index (χ4n) is 2.97. The minimum atomic E-state index is -0.531. The SMILES string of the molecule is CCC(Oc1cc(C)ccc1C)C(=O)Nc1ccc(Cc2ccncc2)cc1. The monoisotopic (exact) mass is 374 g/mol. The van der Waals surface area contributed by atoms with Crippen LogP contribution in [0.15, 0.2) is 67.0 Å². The number of carbonyl (C=O) groups excluding carboxylic acids is 1. The van der Waals surface area contributed by atoms with E-state index in [1.54, 1.807) is 12.4 Å². The van der Waals surface area contributed by atoms with E-state index in [2.05, 4.69) is 10.3 Å². The molecule has 4 heteroatoms. The number of pyridine rings is 1. The molecule has 1 N–H and O–H groups in total. The van der Waals surface area contributed by atoms with Crippen LogP contribution in [0.2, 0.25) is 0 Å². The first-order valence-electron chi connectivity index (χ1n) is 9.57. The Bertz CT molecular complexity index is 921. The van der Waals surface area contributed by atoms with Crippen molar-refractivity contribution >= 4 is 11.6 Å². The zero-order chi connectivity index (χ0) is 19.9. The average Bonchev–Trinajstić information content (AvgIpc) is 2.70. The molecule has 3 rings (SSSR count). The molecule has 1 amide bonds. The number of anilines is 1. The first kappa shape index (κ1) is 19.6. The summed E-state index contributed by atoms with van der Waals surface area (Å²) in [6.07, 6.45) is 4.50. The third-order valence-corrected chi connectivity index (χ3v) is 4.66. The Balaban J connectivity index is 1.63. The van der Waals surface area contributed by atoms with Crippen LogP contribution in [-0.4, -0.2) is 17.0 Å². The van der Waals surface area contributed by atoms with E-state index in [0.717, 1.165) is 29.0 Å². The van der Waals surface area contributed by atoms with E-state index in [-0.39, 0.29) is 5.91 Å². The molecule has 1 heterocycles. The minimum Gasteiger partial charge on any atom is -0.480 e. The largest absolute Gasteiger partial charge is 0.480 e. The molecule has 28 heavy (non-hydrogen) atoms. The van der Waals surface area contributed by atoms with Crippen LogP contribution in [0.4, 0.5) is 5.69 Å². The van der Waals surface area contributed by atoms with E-state index in [0.29, 0.717) is 6.42 Å². The molecule has 0 bridgehead atoms. The summed E-state index contributed by atoms with van der Waals surface area (Å²) in [6.45, 7) is 5.95. The maximum absolute atomic E-state index is 12.7. The zero-order valence-corrected chi connectivity index (χ0v) is 16.6. The van der Waals surface area contributed by atoms with Crippen molar-refractivity contribution in [2.45, 2.75) is 39.7 Å². The quantitative estimate of drug-likeness (QED) is 0.627. The topological polar surface area (TPSA) is 51.2 Å². The molecule has 0 aliphatic heterocycles. The number of nitrogens with zero attached hydrogens (tertiary/aromatic N) is 1. The average molecular weight is 374 g/mol. The maximum Gasteiger partial charge on any atom is 0.265 e. The van der Waals surface area contributed by atoms with Gasteiger partial charge in [0.25, 0.3) is 5.91 Å². The predicted octanol–water partition coefficient (Wildman–Crippen LogP) is 5.09. The van der Waals surface area contributed by atoms with Gasteiger partial charge in [-0.15, -0.1) is 0 Å². The van der Waals surface area contributed by atoms with Crippen LogP contribution < -0.4 is 10.1 Å². The number of amides is 1. The van der Waals surface area contributed by atoms with Crippen molar-refractivity contribution in [3.05, 3.63) is 89.2 Å². The van der Waals surface area contributed by atoms with Gasteiger partial charge in [0, 0.05) is 18.1 Å². The Hall–Kier alpha value is -3.14. The molecule has 0 saturated carbocycles. The minimum absolute atomic E-state index is 0.134. The molecule has 1 atom stereocenters. The standard InChI is InChI=1S/C24H26N2O2/c1-4-22(28-23-15-17(2)5-6-18(23)3)24(27)26-21-9-7-19(8-10-21)16-20-11-13-25-14-12-20/h5-15,22H,4,16H2,1-3H3,(H,26,27). The molecule has 0 fully saturated rings. The van der Waals surface area contributed by atoms with Gasteiger partial charge in [0.1, 0.15) is 5.75 Å². The second-order valence-electron chi connectivity index (χ2n) is 7.00. The number of nitrogens with one attached hydrogen (secondary N) is 1. The van der Waals surface area contributed by atoms with Crippen LogP contribution >= 0.6 is 0 Å². The van der Waals surface area contributed by atoms with Crippen LogP contribution in [0.5, 0.6) is 5.75 Å². The number of hydrogen-bond donors (Lipinski definition) is 1. The van der Waals surface area contributed by atoms with Crippen molar-refractivity contribution in [1.29, 1.82) is 0 Å². The molecule has 4 nitrogen and oxygen atoms in total. The summed E-state index contributed by atoms with van der Waals surface area (Å²) in [5, 5.41) is 2.96. The number of hydrogen-bond acceptors (Lipinski definition) is 3. The number of rotatable bonds is 7. The van der Waals surface area contributed by atoms with Gasteiger partial charge in [-0.2, -0.15) is 0 Å². The van der Waals surface area contributed by atoms with Crippen molar-refractivity contribution in [3.8, 4) is 5.75 Å². The lowest BCUT2D eigenvalue weighted by Gasteiger charge is -2.19. The number of benzene rings is 2. The van der Waals surface area contributed by atoms with Gasteiger partial charge in [0.15, 0.2) is 6.10 Å². The molecule has 2 aromatic carbocycles. The number of carbonyl (C=O) groups is 1.